The highest BCUT2D eigenvalue weighted by atomic mass is 16.7. The van der Waals surface area contributed by atoms with Crippen molar-refractivity contribution in [3.8, 4) is 0 Å². The Morgan fingerprint density at radius 1 is 0.541 bits per heavy atom. The lowest BCUT2D eigenvalue weighted by Crippen LogP contribution is -2.61. The maximum atomic E-state index is 12.9. The Morgan fingerprint density at radius 3 is 1.62 bits per heavy atom. The van der Waals surface area contributed by atoms with E-state index in [2.05, 4.69) is 50.3 Å². The summed E-state index contributed by atoms with van der Waals surface area (Å²) in [6.45, 7) is 2.42. The molecule has 0 amide bonds. The fraction of sp³-hybridized carbons (Fsp3) is 0.826. The zero-order valence-electron chi connectivity index (χ0n) is 36.9. The summed E-state index contributed by atoms with van der Waals surface area (Å²) in [5.41, 5.74) is 0. The summed E-state index contributed by atoms with van der Waals surface area (Å²) in [4.78, 5) is 25.6. The molecular weight excluding hydrogens is 792 g/mol. The van der Waals surface area contributed by atoms with Crippen LogP contribution in [0.15, 0.2) is 36.5 Å². The van der Waals surface area contributed by atoms with Crippen molar-refractivity contribution < 1.29 is 73.8 Å². The Balaban J connectivity index is 1.86. The zero-order valence-corrected chi connectivity index (χ0v) is 36.9. The van der Waals surface area contributed by atoms with Crippen LogP contribution in [0.5, 0.6) is 0 Å². The largest absolute Gasteiger partial charge is 0.462 e. The van der Waals surface area contributed by atoms with E-state index in [1.54, 1.807) is 0 Å². The molecule has 11 atom stereocenters. The molecule has 7 N–H and O–H groups in total. The molecule has 0 aromatic heterocycles. The van der Waals surface area contributed by atoms with Gasteiger partial charge in [-0.05, 0) is 44.9 Å². The molecule has 2 aliphatic heterocycles. The van der Waals surface area contributed by atoms with Crippen LogP contribution in [0.1, 0.15) is 149 Å². The third-order valence-electron chi connectivity index (χ3n) is 10.9. The van der Waals surface area contributed by atoms with Crippen molar-refractivity contribution in [2.45, 2.75) is 216 Å². The fourth-order valence-electron chi connectivity index (χ4n) is 7.05. The number of ether oxygens (including phenoxy) is 6. The molecule has 4 unspecified atom stereocenters. The number of allylic oxidation sites excluding steroid dienone is 6. The SMILES string of the molecule is CC/C=C/C/C=C/C/C=C/CCCCCCCC(=O)O[C@H](COC(=O)CCCCCCCCCCCC)CO[C@@H]1O[C@H](CO[C@@H]2O[C@H](CO)[C@H](O)C(O)C2O)[C@H](O)C(O)C1O. The lowest BCUT2D eigenvalue weighted by molar-refractivity contribution is -0.332. The third-order valence-corrected chi connectivity index (χ3v) is 10.9. The molecule has 0 aromatic carbocycles. The van der Waals surface area contributed by atoms with Crippen molar-refractivity contribution >= 4 is 11.9 Å². The Labute approximate surface area is 364 Å². The van der Waals surface area contributed by atoms with Gasteiger partial charge in [0.2, 0.25) is 0 Å². The van der Waals surface area contributed by atoms with Gasteiger partial charge in [-0.3, -0.25) is 9.59 Å². The zero-order chi connectivity index (χ0) is 44.7. The van der Waals surface area contributed by atoms with Crippen LogP contribution < -0.4 is 0 Å². The first-order valence-corrected chi connectivity index (χ1v) is 23.1. The third kappa shape index (κ3) is 23.3. The Bertz CT molecular complexity index is 1210. The Kier molecular flexibility index (Phi) is 30.7. The second-order valence-corrected chi connectivity index (χ2v) is 16.2. The van der Waals surface area contributed by atoms with Crippen LogP contribution in [0.2, 0.25) is 0 Å². The maximum Gasteiger partial charge on any atom is 0.306 e. The number of hydrogen-bond acceptors (Lipinski definition) is 15. The molecular formula is C46H80O15. The van der Waals surface area contributed by atoms with Crippen molar-refractivity contribution in [1.29, 1.82) is 0 Å². The molecule has 2 rings (SSSR count). The van der Waals surface area contributed by atoms with Gasteiger partial charge in [0.25, 0.3) is 0 Å². The van der Waals surface area contributed by atoms with Crippen molar-refractivity contribution in [3.63, 3.8) is 0 Å². The highest BCUT2D eigenvalue weighted by Crippen LogP contribution is 2.26. The van der Waals surface area contributed by atoms with Gasteiger partial charge in [-0.25, -0.2) is 0 Å². The molecule has 0 radical (unpaired) electrons. The fourth-order valence-corrected chi connectivity index (χ4v) is 7.05. The Morgan fingerprint density at radius 2 is 1.03 bits per heavy atom. The maximum absolute atomic E-state index is 12.9. The summed E-state index contributed by atoms with van der Waals surface area (Å²) in [7, 11) is 0. The predicted octanol–water partition coefficient (Wildman–Crippen LogP) is 4.98. The first kappa shape index (κ1) is 54.9. The molecule has 0 saturated carbocycles. The van der Waals surface area contributed by atoms with Crippen LogP contribution >= 0.6 is 0 Å². The van der Waals surface area contributed by atoms with Gasteiger partial charge in [0.1, 0.15) is 55.4 Å². The van der Waals surface area contributed by atoms with E-state index in [0.29, 0.717) is 12.8 Å². The van der Waals surface area contributed by atoms with Crippen molar-refractivity contribution in [1.82, 2.24) is 0 Å². The first-order chi connectivity index (χ1) is 29.5. The highest BCUT2D eigenvalue weighted by molar-refractivity contribution is 5.70. The number of esters is 2. The van der Waals surface area contributed by atoms with E-state index in [9.17, 15) is 45.3 Å². The van der Waals surface area contributed by atoms with E-state index >= 15 is 0 Å². The van der Waals surface area contributed by atoms with Crippen LogP contribution in [-0.4, -0.2) is 142 Å². The van der Waals surface area contributed by atoms with E-state index in [4.69, 9.17) is 28.4 Å². The lowest BCUT2D eigenvalue weighted by Gasteiger charge is -2.42. The second-order valence-electron chi connectivity index (χ2n) is 16.2. The average molecular weight is 873 g/mol. The van der Waals surface area contributed by atoms with Gasteiger partial charge in [-0.2, -0.15) is 0 Å². The summed E-state index contributed by atoms with van der Waals surface area (Å²) in [5, 5.41) is 71.8. The van der Waals surface area contributed by atoms with Gasteiger partial charge < -0.3 is 64.2 Å². The van der Waals surface area contributed by atoms with Gasteiger partial charge in [0.05, 0.1) is 19.8 Å². The molecule has 2 heterocycles. The number of rotatable bonds is 34. The highest BCUT2D eigenvalue weighted by Gasteiger charge is 2.47. The smallest absolute Gasteiger partial charge is 0.306 e. The van der Waals surface area contributed by atoms with Crippen LogP contribution in [0.4, 0.5) is 0 Å². The molecule has 0 spiro atoms. The van der Waals surface area contributed by atoms with E-state index in [-0.39, 0.29) is 26.1 Å². The summed E-state index contributed by atoms with van der Waals surface area (Å²) in [6.07, 6.45) is 16.2. The van der Waals surface area contributed by atoms with E-state index in [1.165, 1.54) is 38.5 Å². The van der Waals surface area contributed by atoms with E-state index < -0.39 is 92.7 Å². The van der Waals surface area contributed by atoms with Crippen LogP contribution in [-0.2, 0) is 38.0 Å². The molecule has 0 aromatic rings. The van der Waals surface area contributed by atoms with Crippen molar-refractivity contribution in [3.05, 3.63) is 36.5 Å². The minimum atomic E-state index is -1.77. The van der Waals surface area contributed by atoms with E-state index in [0.717, 1.165) is 70.6 Å². The number of aliphatic hydroxyl groups excluding tert-OH is 7. The van der Waals surface area contributed by atoms with Crippen LogP contribution in [0, 0.1) is 0 Å². The summed E-state index contributed by atoms with van der Waals surface area (Å²) in [5.74, 6) is -0.948. The lowest BCUT2D eigenvalue weighted by atomic mass is 9.98. The summed E-state index contributed by atoms with van der Waals surface area (Å²) in [6, 6.07) is 0. The minimum absolute atomic E-state index is 0.146. The van der Waals surface area contributed by atoms with Gasteiger partial charge >= 0.3 is 11.9 Å². The standard InChI is InChI=1S/C46H80O15/c1-3-5-7-9-11-13-15-16-17-18-19-21-23-25-27-29-38(49)59-34(31-56-37(48)28-26-24-22-20-14-12-10-8-6-4-2)32-57-45-44(55)42(53)40(51)36(61-45)33-58-46-43(54)41(52)39(50)35(30-47)60-46/h5,7,11,13,16-17,34-36,39-47,50-55H,3-4,6,8-10,12,14-15,18-33H2,1-2H3/b7-5+,13-11+,17-16+/t34-,35-,36-,39+,40+,41?,42?,43?,44?,45-,46-/m1/s1. The Hall–Kier alpha value is -2.28. The number of hydrogen-bond donors (Lipinski definition) is 7. The van der Waals surface area contributed by atoms with Gasteiger partial charge in [-0.1, -0.05) is 127 Å². The topological polar surface area (TPSA) is 231 Å². The summed E-state index contributed by atoms with van der Waals surface area (Å²) < 4.78 is 33.4. The number of unbranched alkanes of at least 4 members (excludes halogenated alkanes) is 14. The molecule has 15 heteroatoms. The van der Waals surface area contributed by atoms with Crippen LogP contribution in [0.25, 0.3) is 0 Å². The van der Waals surface area contributed by atoms with Crippen molar-refractivity contribution in [2.75, 3.05) is 26.4 Å². The quantitative estimate of drug-likeness (QED) is 0.0257. The molecule has 15 nitrogen and oxygen atoms in total. The molecule has 2 saturated heterocycles. The molecule has 2 fully saturated rings. The molecule has 0 aliphatic carbocycles. The molecule has 0 bridgehead atoms. The van der Waals surface area contributed by atoms with Gasteiger partial charge in [0, 0.05) is 12.8 Å². The van der Waals surface area contributed by atoms with E-state index in [1.807, 2.05) is 0 Å². The van der Waals surface area contributed by atoms with Crippen molar-refractivity contribution in [2.24, 2.45) is 0 Å². The average Bonchev–Trinajstić information content (AvgIpc) is 3.25. The summed E-state index contributed by atoms with van der Waals surface area (Å²) >= 11 is 0. The first-order valence-electron chi connectivity index (χ1n) is 23.1. The monoisotopic (exact) mass is 873 g/mol. The van der Waals surface area contributed by atoms with Gasteiger partial charge in [0.15, 0.2) is 18.7 Å². The minimum Gasteiger partial charge on any atom is -0.462 e. The molecule has 61 heavy (non-hydrogen) atoms. The molecule has 2 aliphatic rings. The second kappa shape index (κ2) is 34.2. The molecule has 354 valence electrons. The normalized spacial score (nSPS) is 27.6. The number of carbonyl (C=O) groups excluding carboxylic acids is 2. The van der Waals surface area contributed by atoms with Crippen LogP contribution in [0.3, 0.4) is 0 Å². The number of carbonyl (C=O) groups is 2. The number of aliphatic hydroxyl groups is 7. The predicted molar refractivity (Wildman–Crippen MR) is 229 cm³/mol. The van der Waals surface area contributed by atoms with Gasteiger partial charge in [-0.15, -0.1) is 0 Å².